The van der Waals surface area contributed by atoms with Gasteiger partial charge in [0.05, 0.1) is 0 Å². The summed E-state index contributed by atoms with van der Waals surface area (Å²) in [7, 11) is 0. The third-order valence-corrected chi connectivity index (χ3v) is 3.82. The molecule has 0 unspecified atom stereocenters. The van der Waals surface area contributed by atoms with Crippen molar-refractivity contribution in [3.63, 3.8) is 0 Å². The fourth-order valence-electron chi connectivity index (χ4n) is 2.44. The van der Waals surface area contributed by atoms with Crippen LogP contribution in [0.2, 0.25) is 0 Å². The van der Waals surface area contributed by atoms with Crippen molar-refractivity contribution in [1.82, 2.24) is 0 Å². The van der Waals surface area contributed by atoms with Crippen LogP contribution in [-0.2, 0) is 0 Å². The zero-order valence-electron chi connectivity index (χ0n) is 12.2. The summed E-state index contributed by atoms with van der Waals surface area (Å²) in [5.74, 6) is 0. The smallest absolute Gasteiger partial charge is 0.00875 e. The SMILES string of the molecule is CCCCCC[CH]c1c(C)cc(C)c(C)c1C. The lowest BCUT2D eigenvalue weighted by Crippen LogP contribution is -1.97. The van der Waals surface area contributed by atoms with Gasteiger partial charge in [-0.2, -0.15) is 0 Å². The third kappa shape index (κ3) is 3.87. The summed E-state index contributed by atoms with van der Waals surface area (Å²) in [4.78, 5) is 0. The zero-order valence-corrected chi connectivity index (χ0v) is 12.2. The average Bonchev–Trinajstić information content (AvgIpc) is 2.30. The molecule has 1 rings (SSSR count). The molecule has 1 radical (unpaired) electrons. The van der Waals surface area contributed by atoms with E-state index in [0.717, 1.165) is 0 Å². The van der Waals surface area contributed by atoms with Gasteiger partial charge < -0.3 is 0 Å². The topological polar surface area (TPSA) is 0 Å². The second-order valence-corrected chi connectivity index (χ2v) is 5.23. The predicted molar refractivity (Wildman–Crippen MR) is 77.6 cm³/mol. The van der Waals surface area contributed by atoms with Crippen molar-refractivity contribution >= 4 is 0 Å². The van der Waals surface area contributed by atoms with Gasteiger partial charge in [0.15, 0.2) is 0 Å². The molecule has 0 aromatic heterocycles. The van der Waals surface area contributed by atoms with E-state index >= 15 is 0 Å². The highest BCUT2D eigenvalue weighted by atomic mass is 14.1. The molecule has 0 saturated carbocycles. The molecule has 0 aliphatic heterocycles. The van der Waals surface area contributed by atoms with Crippen LogP contribution >= 0.6 is 0 Å². The van der Waals surface area contributed by atoms with E-state index in [1.165, 1.54) is 59.9 Å². The fourth-order valence-corrected chi connectivity index (χ4v) is 2.44. The Morgan fingerprint density at radius 2 is 1.59 bits per heavy atom. The molecular formula is C17H27. The Morgan fingerprint density at radius 1 is 0.882 bits per heavy atom. The number of hydrogen-bond acceptors (Lipinski definition) is 0. The van der Waals surface area contributed by atoms with Crippen molar-refractivity contribution < 1.29 is 0 Å². The van der Waals surface area contributed by atoms with Crippen LogP contribution < -0.4 is 0 Å². The summed E-state index contributed by atoms with van der Waals surface area (Å²) < 4.78 is 0. The predicted octanol–water partition coefficient (Wildman–Crippen LogP) is 5.44. The van der Waals surface area contributed by atoms with E-state index in [-0.39, 0.29) is 0 Å². The maximum Gasteiger partial charge on any atom is -0.00875 e. The normalized spacial score (nSPS) is 10.9. The van der Waals surface area contributed by atoms with Gasteiger partial charge in [-0.25, -0.2) is 0 Å². The molecule has 0 aliphatic carbocycles. The molecule has 0 heteroatoms. The Hall–Kier alpha value is -0.780. The lowest BCUT2D eigenvalue weighted by Gasteiger charge is -2.14. The van der Waals surface area contributed by atoms with Crippen molar-refractivity contribution in [2.75, 3.05) is 0 Å². The first kappa shape index (κ1) is 14.3. The van der Waals surface area contributed by atoms with Gasteiger partial charge in [0.25, 0.3) is 0 Å². The van der Waals surface area contributed by atoms with Gasteiger partial charge in [0, 0.05) is 0 Å². The standard InChI is InChI=1S/C17H27/c1-6-7-8-9-10-11-17-14(3)12-13(2)15(4)16(17)5/h11-12H,6-10H2,1-5H3. The van der Waals surface area contributed by atoms with Gasteiger partial charge in [-0.15, -0.1) is 0 Å². The summed E-state index contributed by atoms with van der Waals surface area (Å²) in [6.07, 6.45) is 9.06. The Labute approximate surface area is 107 Å². The van der Waals surface area contributed by atoms with Crippen LogP contribution in [0.3, 0.4) is 0 Å². The van der Waals surface area contributed by atoms with Crippen LogP contribution in [0.5, 0.6) is 0 Å². The summed E-state index contributed by atoms with van der Waals surface area (Å²) in [5, 5.41) is 0. The minimum Gasteiger partial charge on any atom is -0.0654 e. The Kier molecular flexibility index (Phi) is 5.74. The van der Waals surface area contributed by atoms with Gasteiger partial charge in [0.2, 0.25) is 0 Å². The van der Waals surface area contributed by atoms with Crippen LogP contribution in [-0.4, -0.2) is 0 Å². The van der Waals surface area contributed by atoms with E-state index in [1.54, 1.807) is 0 Å². The molecule has 0 N–H and O–H groups in total. The first-order valence-corrected chi connectivity index (χ1v) is 6.98. The fraction of sp³-hybridized carbons (Fsp3) is 0.588. The molecule has 0 saturated heterocycles. The quantitative estimate of drug-likeness (QED) is 0.572. The highest BCUT2D eigenvalue weighted by Crippen LogP contribution is 2.24. The Bertz CT molecular complexity index is 361. The minimum absolute atomic E-state index is 1.23. The van der Waals surface area contributed by atoms with E-state index in [1.807, 2.05) is 0 Å². The summed E-state index contributed by atoms with van der Waals surface area (Å²) in [6.45, 7) is 11.2. The van der Waals surface area contributed by atoms with Crippen molar-refractivity contribution in [2.45, 2.75) is 66.7 Å². The first-order chi connectivity index (χ1) is 8.07. The molecule has 0 heterocycles. The maximum absolute atomic E-state index is 2.44. The minimum atomic E-state index is 1.23. The maximum atomic E-state index is 2.44. The van der Waals surface area contributed by atoms with Crippen LogP contribution in [0, 0.1) is 34.1 Å². The Morgan fingerprint density at radius 3 is 2.24 bits per heavy atom. The molecule has 0 amide bonds. The highest BCUT2D eigenvalue weighted by Gasteiger charge is 2.07. The van der Waals surface area contributed by atoms with Crippen molar-refractivity contribution in [3.8, 4) is 0 Å². The molecule has 0 spiro atoms. The Balaban J connectivity index is 2.62. The van der Waals surface area contributed by atoms with Crippen molar-refractivity contribution in [3.05, 3.63) is 40.3 Å². The molecule has 0 aliphatic rings. The lowest BCUT2D eigenvalue weighted by atomic mass is 9.91. The molecule has 0 fully saturated rings. The number of hydrogen-bond donors (Lipinski definition) is 0. The van der Waals surface area contributed by atoms with E-state index in [0.29, 0.717) is 0 Å². The van der Waals surface area contributed by atoms with E-state index in [4.69, 9.17) is 0 Å². The summed E-state index contributed by atoms with van der Waals surface area (Å²) in [6, 6.07) is 2.32. The van der Waals surface area contributed by atoms with Gasteiger partial charge >= 0.3 is 0 Å². The van der Waals surface area contributed by atoms with Gasteiger partial charge in [0.1, 0.15) is 0 Å². The van der Waals surface area contributed by atoms with Crippen molar-refractivity contribution in [1.29, 1.82) is 0 Å². The highest BCUT2D eigenvalue weighted by molar-refractivity contribution is 5.47. The van der Waals surface area contributed by atoms with Crippen LogP contribution in [0.15, 0.2) is 6.07 Å². The number of rotatable bonds is 6. The molecule has 0 atom stereocenters. The molecule has 0 bridgehead atoms. The van der Waals surface area contributed by atoms with E-state index < -0.39 is 0 Å². The van der Waals surface area contributed by atoms with Gasteiger partial charge in [-0.3, -0.25) is 0 Å². The van der Waals surface area contributed by atoms with Crippen LogP contribution in [0.25, 0.3) is 0 Å². The second-order valence-electron chi connectivity index (χ2n) is 5.23. The second kappa shape index (κ2) is 6.83. The number of benzene rings is 1. The van der Waals surface area contributed by atoms with Crippen LogP contribution in [0.1, 0.15) is 66.8 Å². The molecule has 1 aromatic carbocycles. The molecule has 95 valence electrons. The average molecular weight is 231 g/mol. The molecule has 17 heavy (non-hydrogen) atoms. The third-order valence-electron chi connectivity index (χ3n) is 3.82. The van der Waals surface area contributed by atoms with E-state index in [9.17, 15) is 0 Å². The van der Waals surface area contributed by atoms with Crippen LogP contribution in [0.4, 0.5) is 0 Å². The lowest BCUT2D eigenvalue weighted by molar-refractivity contribution is 0.664. The first-order valence-electron chi connectivity index (χ1n) is 6.98. The summed E-state index contributed by atoms with van der Waals surface area (Å²) in [5.41, 5.74) is 7.25. The summed E-state index contributed by atoms with van der Waals surface area (Å²) >= 11 is 0. The van der Waals surface area contributed by atoms with Crippen molar-refractivity contribution in [2.24, 2.45) is 0 Å². The molecular weight excluding hydrogens is 204 g/mol. The number of unbranched alkanes of at least 4 members (excludes halogenated alkanes) is 4. The molecule has 1 aromatic rings. The number of aryl methyl sites for hydroxylation is 2. The monoisotopic (exact) mass is 231 g/mol. The molecule has 0 nitrogen and oxygen atoms in total. The van der Waals surface area contributed by atoms with Gasteiger partial charge in [-0.1, -0.05) is 38.7 Å². The van der Waals surface area contributed by atoms with E-state index in [2.05, 4.69) is 47.1 Å². The van der Waals surface area contributed by atoms with Gasteiger partial charge in [-0.05, 0) is 68.4 Å². The zero-order chi connectivity index (χ0) is 12.8. The largest absolute Gasteiger partial charge is 0.0654 e.